The van der Waals surface area contributed by atoms with E-state index in [9.17, 15) is 9.59 Å². The zero-order valence-electron chi connectivity index (χ0n) is 13.8. The number of likely N-dealkylation sites (N-methyl/N-ethyl adjacent to an activating group) is 2. The van der Waals surface area contributed by atoms with Gasteiger partial charge in [0.1, 0.15) is 0 Å². The van der Waals surface area contributed by atoms with Gasteiger partial charge in [-0.05, 0) is 26.3 Å². The number of halogens is 1. The molecule has 3 amide bonds. The Morgan fingerprint density at radius 1 is 1.14 bits per heavy atom. The van der Waals surface area contributed by atoms with Gasteiger partial charge in [-0.3, -0.25) is 4.79 Å². The highest BCUT2D eigenvalue weighted by atomic mass is 35.5. The molecular weight excluding hydrogens is 304 g/mol. The van der Waals surface area contributed by atoms with E-state index in [0.717, 1.165) is 19.4 Å². The van der Waals surface area contributed by atoms with Crippen LogP contribution >= 0.6 is 12.4 Å². The predicted octanol–water partition coefficient (Wildman–Crippen LogP) is 1.50. The van der Waals surface area contributed by atoms with Crippen molar-refractivity contribution in [3.05, 3.63) is 0 Å². The van der Waals surface area contributed by atoms with Gasteiger partial charge in [-0.25, -0.2) is 4.79 Å². The summed E-state index contributed by atoms with van der Waals surface area (Å²) >= 11 is 0. The van der Waals surface area contributed by atoms with Gasteiger partial charge in [0.05, 0.1) is 0 Å². The van der Waals surface area contributed by atoms with Crippen molar-refractivity contribution < 1.29 is 9.59 Å². The van der Waals surface area contributed by atoms with Gasteiger partial charge in [0.2, 0.25) is 5.91 Å². The molecule has 0 heterocycles. The van der Waals surface area contributed by atoms with Crippen LogP contribution in [0.25, 0.3) is 0 Å². The first-order chi connectivity index (χ1) is 10.1. The summed E-state index contributed by atoms with van der Waals surface area (Å²) in [6, 6.07) is 0.228. The summed E-state index contributed by atoms with van der Waals surface area (Å²) in [5, 5.41) is 8.85. The molecule has 1 aliphatic rings. The van der Waals surface area contributed by atoms with Gasteiger partial charge in [0, 0.05) is 39.1 Å². The zero-order chi connectivity index (χ0) is 15.5. The maximum absolute atomic E-state index is 11.8. The Balaban J connectivity index is 0.00000441. The van der Waals surface area contributed by atoms with Crippen molar-refractivity contribution in [2.45, 2.75) is 51.0 Å². The highest BCUT2D eigenvalue weighted by molar-refractivity contribution is 5.85. The van der Waals surface area contributed by atoms with Crippen molar-refractivity contribution in [2.75, 3.05) is 33.7 Å². The molecule has 0 atom stereocenters. The van der Waals surface area contributed by atoms with E-state index in [2.05, 4.69) is 16.0 Å². The molecule has 0 aromatic carbocycles. The molecule has 0 spiro atoms. The number of hydrogen-bond acceptors (Lipinski definition) is 3. The Labute approximate surface area is 140 Å². The SMILES string of the molecule is CNCCN(C)C(=O)CCCNC(=O)NC1CCCCC1.Cl. The molecule has 0 saturated heterocycles. The summed E-state index contributed by atoms with van der Waals surface area (Å²) in [6.45, 7) is 2.05. The van der Waals surface area contributed by atoms with Crippen LogP contribution < -0.4 is 16.0 Å². The fourth-order valence-electron chi connectivity index (χ4n) is 2.52. The van der Waals surface area contributed by atoms with E-state index in [1.807, 2.05) is 14.1 Å². The van der Waals surface area contributed by atoms with E-state index in [0.29, 0.717) is 32.0 Å². The van der Waals surface area contributed by atoms with E-state index in [1.54, 1.807) is 4.90 Å². The van der Waals surface area contributed by atoms with Gasteiger partial charge in [-0.1, -0.05) is 19.3 Å². The molecule has 6 nitrogen and oxygen atoms in total. The molecule has 0 radical (unpaired) electrons. The monoisotopic (exact) mass is 334 g/mol. The second-order valence-corrected chi connectivity index (χ2v) is 5.76. The molecule has 1 rings (SSSR count). The fourth-order valence-corrected chi connectivity index (χ4v) is 2.52. The lowest BCUT2D eigenvalue weighted by Gasteiger charge is -2.22. The summed E-state index contributed by atoms with van der Waals surface area (Å²) in [7, 11) is 3.68. The van der Waals surface area contributed by atoms with Gasteiger partial charge in [-0.15, -0.1) is 12.4 Å². The minimum Gasteiger partial charge on any atom is -0.344 e. The Kier molecular flexibility index (Phi) is 12.0. The molecule has 0 bridgehead atoms. The number of carbonyl (C=O) groups excluding carboxylic acids is 2. The van der Waals surface area contributed by atoms with Crippen LogP contribution in [0.15, 0.2) is 0 Å². The maximum Gasteiger partial charge on any atom is 0.315 e. The van der Waals surface area contributed by atoms with Gasteiger partial charge in [0.25, 0.3) is 0 Å². The van der Waals surface area contributed by atoms with E-state index in [4.69, 9.17) is 0 Å². The molecule has 7 heteroatoms. The highest BCUT2D eigenvalue weighted by Gasteiger charge is 2.15. The molecule has 3 N–H and O–H groups in total. The van der Waals surface area contributed by atoms with Gasteiger partial charge >= 0.3 is 6.03 Å². The van der Waals surface area contributed by atoms with Crippen molar-refractivity contribution >= 4 is 24.3 Å². The second kappa shape index (κ2) is 12.5. The van der Waals surface area contributed by atoms with E-state index < -0.39 is 0 Å². The second-order valence-electron chi connectivity index (χ2n) is 5.76. The molecular formula is C15H31ClN4O2. The van der Waals surface area contributed by atoms with Gasteiger partial charge < -0.3 is 20.9 Å². The molecule has 0 aromatic rings. The van der Waals surface area contributed by atoms with E-state index in [1.165, 1.54) is 19.3 Å². The molecule has 1 saturated carbocycles. The van der Waals surface area contributed by atoms with Crippen LogP contribution in [0.4, 0.5) is 4.79 Å². The first-order valence-electron chi connectivity index (χ1n) is 8.06. The van der Waals surface area contributed by atoms with Crippen molar-refractivity contribution in [3.63, 3.8) is 0 Å². The summed E-state index contributed by atoms with van der Waals surface area (Å²) in [5.41, 5.74) is 0. The van der Waals surface area contributed by atoms with Gasteiger partial charge in [-0.2, -0.15) is 0 Å². The molecule has 1 aliphatic carbocycles. The molecule has 1 fully saturated rings. The number of nitrogens with zero attached hydrogens (tertiary/aromatic N) is 1. The summed E-state index contributed by atoms with van der Waals surface area (Å²) in [4.78, 5) is 25.2. The van der Waals surface area contributed by atoms with Crippen molar-refractivity contribution in [1.29, 1.82) is 0 Å². The van der Waals surface area contributed by atoms with Gasteiger partial charge in [0.15, 0.2) is 0 Å². The minimum atomic E-state index is -0.0992. The Hall–Kier alpha value is -1.01. The first kappa shape index (κ1) is 21.0. The predicted molar refractivity (Wildman–Crippen MR) is 91.5 cm³/mol. The fraction of sp³-hybridized carbons (Fsp3) is 0.867. The number of hydrogen-bond donors (Lipinski definition) is 3. The quantitative estimate of drug-likeness (QED) is 0.589. The molecule has 0 aliphatic heterocycles. The first-order valence-corrected chi connectivity index (χ1v) is 8.06. The minimum absolute atomic E-state index is 0. The lowest BCUT2D eigenvalue weighted by Crippen LogP contribution is -2.43. The summed E-state index contributed by atoms with van der Waals surface area (Å²) in [5.74, 6) is 0.125. The third-order valence-electron chi connectivity index (χ3n) is 3.92. The van der Waals surface area contributed by atoms with Crippen LogP contribution in [-0.4, -0.2) is 56.6 Å². The number of urea groups is 1. The summed E-state index contributed by atoms with van der Waals surface area (Å²) < 4.78 is 0. The van der Waals surface area contributed by atoms with Crippen LogP contribution in [0.2, 0.25) is 0 Å². The van der Waals surface area contributed by atoms with E-state index in [-0.39, 0.29) is 24.3 Å². The Morgan fingerprint density at radius 2 is 1.82 bits per heavy atom. The third kappa shape index (κ3) is 9.10. The summed E-state index contributed by atoms with van der Waals surface area (Å²) in [6.07, 6.45) is 7.02. The molecule has 22 heavy (non-hydrogen) atoms. The maximum atomic E-state index is 11.8. The van der Waals surface area contributed by atoms with Crippen LogP contribution in [0, 0.1) is 0 Å². The normalized spacial score (nSPS) is 14.8. The Morgan fingerprint density at radius 3 is 2.45 bits per heavy atom. The zero-order valence-corrected chi connectivity index (χ0v) is 14.6. The van der Waals surface area contributed by atoms with Crippen molar-refractivity contribution in [1.82, 2.24) is 20.9 Å². The molecule has 0 unspecified atom stereocenters. The van der Waals surface area contributed by atoms with Crippen LogP contribution in [0.5, 0.6) is 0 Å². The smallest absolute Gasteiger partial charge is 0.315 e. The number of nitrogens with one attached hydrogen (secondary N) is 3. The van der Waals surface area contributed by atoms with Crippen LogP contribution in [0.3, 0.4) is 0 Å². The standard InChI is InChI=1S/C15H30N4O2.ClH/c1-16-11-12-19(2)14(20)9-6-10-17-15(21)18-13-7-4-3-5-8-13;/h13,16H,3-12H2,1-2H3,(H2,17,18,21);1H. The topological polar surface area (TPSA) is 73.5 Å². The van der Waals surface area contributed by atoms with E-state index >= 15 is 0 Å². The van der Waals surface area contributed by atoms with Crippen molar-refractivity contribution in [3.8, 4) is 0 Å². The third-order valence-corrected chi connectivity index (χ3v) is 3.92. The number of rotatable bonds is 8. The van der Waals surface area contributed by atoms with Crippen molar-refractivity contribution in [2.24, 2.45) is 0 Å². The Bertz CT molecular complexity index is 323. The average molecular weight is 335 g/mol. The highest BCUT2D eigenvalue weighted by Crippen LogP contribution is 2.17. The lowest BCUT2D eigenvalue weighted by atomic mass is 9.96. The lowest BCUT2D eigenvalue weighted by molar-refractivity contribution is -0.129. The van der Waals surface area contributed by atoms with Crippen LogP contribution in [-0.2, 0) is 4.79 Å². The molecule has 0 aromatic heterocycles. The average Bonchev–Trinajstić information content (AvgIpc) is 2.49. The number of carbonyl (C=O) groups is 2. The number of amides is 3. The van der Waals surface area contributed by atoms with Crippen LogP contribution in [0.1, 0.15) is 44.9 Å². The largest absolute Gasteiger partial charge is 0.344 e. The molecule has 130 valence electrons.